The largest absolute Gasteiger partial charge is 0.399 e. The van der Waals surface area contributed by atoms with Crippen molar-refractivity contribution in [2.24, 2.45) is 0 Å². The lowest BCUT2D eigenvalue weighted by molar-refractivity contribution is 0.583. The molecule has 1 atom stereocenters. The molecule has 0 aliphatic carbocycles. The summed E-state index contributed by atoms with van der Waals surface area (Å²) in [7, 11) is -3.15. The summed E-state index contributed by atoms with van der Waals surface area (Å²) < 4.78 is 23.8. The van der Waals surface area contributed by atoms with E-state index >= 15 is 0 Å². The molecule has 0 bridgehead atoms. The van der Waals surface area contributed by atoms with Crippen molar-refractivity contribution in [1.29, 1.82) is 0 Å². The minimum Gasteiger partial charge on any atom is -0.399 e. The van der Waals surface area contributed by atoms with Gasteiger partial charge in [0.05, 0.1) is 11.0 Å². The minimum absolute atomic E-state index is 0.529. The summed E-state index contributed by atoms with van der Waals surface area (Å²) in [6.45, 7) is 0.664. The number of H-pyrrole nitrogens is 1. The van der Waals surface area contributed by atoms with Crippen LogP contribution in [0.5, 0.6) is 0 Å². The number of imidazole rings is 1. The molecular weight excluding hydrogens is 296 g/mol. The SMILES string of the molecule is CS(=O)(=O)C1CSCCN1c1nc2ccc(N)cc2[nH]1. The molecular formula is C12H16N4O2S2. The van der Waals surface area contributed by atoms with Gasteiger partial charge in [-0.25, -0.2) is 13.4 Å². The van der Waals surface area contributed by atoms with Gasteiger partial charge in [-0.1, -0.05) is 0 Å². The Morgan fingerprint density at radius 3 is 3.05 bits per heavy atom. The summed E-state index contributed by atoms with van der Waals surface area (Å²) in [5.41, 5.74) is 8.02. The lowest BCUT2D eigenvalue weighted by Crippen LogP contribution is -2.47. The molecule has 1 aliphatic heterocycles. The highest BCUT2D eigenvalue weighted by Crippen LogP contribution is 2.27. The van der Waals surface area contributed by atoms with E-state index in [1.54, 1.807) is 23.9 Å². The molecule has 108 valence electrons. The van der Waals surface area contributed by atoms with Gasteiger partial charge in [-0.2, -0.15) is 11.8 Å². The van der Waals surface area contributed by atoms with Gasteiger partial charge in [-0.3, -0.25) is 0 Å². The predicted molar refractivity (Wildman–Crippen MR) is 83.8 cm³/mol. The Bertz CT molecular complexity index is 741. The first-order valence-electron chi connectivity index (χ1n) is 6.23. The molecule has 0 saturated carbocycles. The Morgan fingerprint density at radius 1 is 1.50 bits per heavy atom. The summed E-state index contributed by atoms with van der Waals surface area (Å²) in [4.78, 5) is 9.49. The fourth-order valence-electron chi connectivity index (χ4n) is 2.33. The van der Waals surface area contributed by atoms with Gasteiger partial charge in [0.15, 0.2) is 9.84 Å². The van der Waals surface area contributed by atoms with Crippen LogP contribution >= 0.6 is 11.8 Å². The number of sulfone groups is 1. The number of hydrogen-bond donors (Lipinski definition) is 2. The van der Waals surface area contributed by atoms with Crippen molar-refractivity contribution >= 4 is 44.3 Å². The number of nitrogens with one attached hydrogen (secondary N) is 1. The monoisotopic (exact) mass is 312 g/mol. The van der Waals surface area contributed by atoms with Crippen LogP contribution in [0.2, 0.25) is 0 Å². The van der Waals surface area contributed by atoms with Crippen molar-refractivity contribution in [3.05, 3.63) is 18.2 Å². The fraction of sp³-hybridized carbons (Fsp3) is 0.417. The van der Waals surface area contributed by atoms with E-state index in [2.05, 4.69) is 9.97 Å². The van der Waals surface area contributed by atoms with Crippen molar-refractivity contribution in [3.8, 4) is 0 Å². The van der Waals surface area contributed by atoms with Gasteiger partial charge in [0.1, 0.15) is 5.37 Å². The maximum atomic E-state index is 11.9. The number of hydrogen-bond acceptors (Lipinski definition) is 6. The Balaban J connectivity index is 2.03. The number of nitrogens with two attached hydrogens (primary N) is 1. The summed E-state index contributed by atoms with van der Waals surface area (Å²) in [5, 5.41) is -0.529. The van der Waals surface area contributed by atoms with Gasteiger partial charge in [0.2, 0.25) is 5.95 Å². The zero-order valence-electron chi connectivity index (χ0n) is 11.0. The quantitative estimate of drug-likeness (QED) is 0.806. The third kappa shape index (κ3) is 2.45. The molecule has 3 N–H and O–H groups in total. The fourth-order valence-corrected chi connectivity index (χ4v) is 5.15. The first-order valence-corrected chi connectivity index (χ1v) is 9.34. The molecule has 1 aromatic heterocycles. The standard InChI is InChI=1S/C12H16N4O2S2/c1-20(17,18)11-7-19-5-4-16(11)12-14-9-3-2-8(13)6-10(9)15-12/h2-3,6,11H,4-5,7,13H2,1H3,(H,14,15). The molecule has 3 rings (SSSR count). The molecule has 0 spiro atoms. The van der Waals surface area contributed by atoms with E-state index in [0.717, 1.165) is 16.8 Å². The van der Waals surface area contributed by atoms with Crippen LogP contribution < -0.4 is 10.6 Å². The number of aromatic nitrogens is 2. The number of nitrogen functional groups attached to an aromatic ring is 1. The van der Waals surface area contributed by atoms with Crippen LogP contribution in [0.25, 0.3) is 11.0 Å². The van der Waals surface area contributed by atoms with Crippen molar-refractivity contribution in [1.82, 2.24) is 9.97 Å². The van der Waals surface area contributed by atoms with Gasteiger partial charge >= 0.3 is 0 Å². The summed E-state index contributed by atoms with van der Waals surface area (Å²) >= 11 is 1.66. The molecule has 8 heteroatoms. The molecule has 1 unspecified atom stereocenters. The first kappa shape index (κ1) is 13.6. The topological polar surface area (TPSA) is 92.1 Å². The molecule has 20 heavy (non-hydrogen) atoms. The summed E-state index contributed by atoms with van der Waals surface area (Å²) in [6.07, 6.45) is 1.27. The summed E-state index contributed by atoms with van der Waals surface area (Å²) in [5.74, 6) is 2.06. The molecule has 1 saturated heterocycles. The van der Waals surface area contributed by atoms with Crippen molar-refractivity contribution in [3.63, 3.8) is 0 Å². The molecule has 1 fully saturated rings. The van der Waals surface area contributed by atoms with Gasteiger partial charge in [0.25, 0.3) is 0 Å². The maximum Gasteiger partial charge on any atom is 0.204 e. The van der Waals surface area contributed by atoms with E-state index in [9.17, 15) is 8.42 Å². The first-order chi connectivity index (χ1) is 9.45. The highest BCUT2D eigenvalue weighted by molar-refractivity contribution is 8.01. The van der Waals surface area contributed by atoms with Crippen LogP contribution in [-0.2, 0) is 9.84 Å². The molecule has 1 aliphatic rings. The molecule has 0 radical (unpaired) electrons. The minimum atomic E-state index is -3.15. The van der Waals surface area contributed by atoms with Crippen LogP contribution in [0.1, 0.15) is 0 Å². The Morgan fingerprint density at radius 2 is 2.30 bits per heavy atom. The summed E-state index contributed by atoms with van der Waals surface area (Å²) in [6, 6.07) is 5.42. The number of nitrogens with zero attached hydrogens (tertiary/aromatic N) is 2. The average Bonchev–Trinajstić information content (AvgIpc) is 2.80. The molecule has 1 aromatic carbocycles. The van der Waals surface area contributed by atoms with Crippen LogP contribution in [-0.4, -0.2) is 48.1 Å². The Labute approximate surface area is 121 Å². The van der Waals surface area contributed by atoms with Crippen LogP contribution in [0.15, 0.2) is 18.2 Å². The second-order valence-electron chi connectivity index (χ2n) is 4.89. The third-order valence-corrected chi connectivity index (χ3v) is 5.99. The Kier molecular flexibility index (Phi) is 3.29. The highest BCUT2D eigenvalue weighted by atomic mass is 32.2. The lowest BCUT2D eigenvalue weighted by atomic mass is 10.3. The second kappa shape index (κ2) is 4.85. The molecule has 6 nitrogen and oxygen atoms in total. The van der Waals surface area contributed by atoms with Gasteiger partial charge in [-0.15, -0.1) is 0 Å². The van der Waals surface area contributed by atoms with Crippen molar-refractivity contribution in [2.45, 2.75) is 5.37 Å². The van der Waals surface area contributed by atoms with E-state index in [1.165, 1.54) is 6.26 Å². The third-order valence-electron chi connectivity index (χ3n) is 3.34. The predicted octanol–water partition coefficient (Wildman–Crippen LogP) is 1.07. The normalized spacial score (nSPS) is 20.4. The van der Waals surface area contributed by atoms with Gasteiger partial charge < -0.3 is 15.6 Å². The number of thioether (sulfide) groups is 1. The Hall–Kier alpha value is -1.41. The number of anilines is 2. The zero-order valence-corrected chi connectivity index (χ0v) is 12.7. The van der Waals surface area contributed by atoms with Gasteiger partial charge in [0, 0.05) is 30.0 Å². The lowest BCUT2D eigenvalue weighted by Gasteiger charge is -2.33. The number of benzene rings is 1. The molecule has 0 amide bonds. The number of fused-ring (bicyclic) bond motifs is 1. The maximum absolute atomic E-state index is 11.9. The highest BCUT2D eigenvalue weighted by Gasteiger charge is 2.32. The van der Waals surface area contributed by atoms with E-state index in [0.29, 0.717) is 23.9 Å². The second-order valence-corrected chi connectivity index (χ2v) is 8.24. The number of rotatable bonds is 2. The van der Waals surface area contributed by atoms with E-state index in [-0.39, 0.29) is 0 Å². The average molecular weight is 312 g/mol. The zero-order chi connectivity index (χ0) is 14.3. The smallest absolute Gasteiger partial charge is 0.204 e. The van der Waals surface area contributed by atoms with E-state index in [1.807, 2.05) is 11.0 Å². The van der Waals surface area contributed by atoms with Crippen LogP contribution in [0.4, 0.5) is 11.6 Å². The van der Waals surface area contributed by atoms with Crippen molar-refractivity contribution < 1.29 is 8.42 Å². The van der Waals surface area contributed by atoms with Gasteiger partial charge in [-0.05, 0) is 18.2 Å². The number of aromatic amines is 1. The molecule has 2 aromatic rings. The van der Waals surface area contributed by atoms with Crippen LogP contribution in [0, 0.1) is 0 Å². The van der Waals surface area contributed by atoms with E-state index in [4.69, 9.17) is 5.73 Å². The van der Waals surface area contributed by atoms with Crippen LogP contribution in [0.3, 0.4) is 0 Å². The molecule has 2 heterocycles. The van der Waals surface area contributed by atoms with Crippen molar-refractivity contribution in [2.75, 3.05) is 34.9 Å². The van der Waals surface area contributed by atoms with E-state index < -0.39 is 15.2 Å².